The molecule has 6 heteroatoms. The lowest BCUT2D eigenvalue weighted by atomic mass is 10.1. The maximum Gasteiger partial charge on any atom is 0.191 e. The van der Waals surface area contributed by atoms with Gasteiger partial charge in [-0.1, -0.05) is 47.7 Å². The summed E-state index contributed by atoms with van der Waals surface area (Å²) < 4.78 is 7.36. The molecule has 0 spiro atoms. The molecule has 2 aromatic carbocycles. The highest BCUT2D eigenvalue weighted by molar-refractivity contribution is 7.98. The van der Waals surface area contributed by atoms with Crippen LogP contribution in [0.4, 0.5) is 0 Å². The maximum atomic E-state index is 8.90. The summed E-state index contributed by atoms with van der Waals surface area (Å²) >= 11 is 1.63. The van der Waals surface area contributed by atoms with Crippen molar-refractivity contribution in [3.05, 3.63) is 65.2 Å². The molecule has 0 aliphatic rings. The molecule has 0 fully saturated rings. The van der Waals surface area contributed by atoms with Gasteiger partial charge < -0.3 is 4.74 Å². The van der Waals surface area contributed by atoms with Gasteiger partial charge in [-0.15, -0.1) is 10.2 Å². The molecule has 1 aromatic heterocycles. The van der Waals surface area contributed by atoms with Crippen molar-refractivity contribution < 1.29 is 4.74 Å². The van der Waals surface area contributed by atoms with Crippen LogP contribution in [0.3, 0.4) is 0 Å². The minimum absolute atomic E-state index is 0.598. The Bertz CT molecular complexity index is 912. The van der Waals surface area contributed by atoms with Crippen molar-refractivity contribution in [2.75, 3.05) is 13.7 Å². The van der Waals surface area contributed by atoms with Crippen LogP contribution in [0.15, 0.2) is 53.7 Å². The van der Waals surface area contributed by atoms with Gasteiger partial charge in [0.1, 0.15) is 0 Å². The number of nitrogens with zero attached hydrogens (tertiary/aromatic N) is 4. The highest BCUT2D eigenvalue weighted by atomic mass is 32.2. The Balaban J connectivity index is 1.83. The van der Waals surface area contributed by atoms with Crippen molar-refractivity contribution in [3.63, 3.8) is 0 Å². The van der Waals surface area contributed by atoms with Gasteiger partial charge in [0.2, 0.25) is 0 Å². The summed E-state index contributed by atoms with van der Waals surface area (Å²) in [6, 6.07) is 18.0. The molecule has 0 N–H and O–H groups in total. The zero-order valence-corrected chi connectivity index (χ0v) is 15.7. The van der Waals surface area contributed by atoms with Gasteiger partial charge in [0, 0.05) is 18.4 Å². The summed E-state index contributed by atoms with van der Waals surface area (Å²) in [5, 5.41) is 18.6. The van der Waals surface area contributed by atoms with E-state index in [2.05, 4.69) is 46.0 Å². The first-order valence-electron chi connectivity index (χ1n) is 8.32. The van der Waals surface area contributed by atoms with Crippen LogP contribution in [0.5, 0.6) is 0 Å². The SMILES string of the molecule is COCCn1c(SCc2ccc(C#N)cc2)nnc1-c1cccc(C)c1. The Kier molecular flexibility index (Phi) is 6.05. The lowest BCUT2D eigenvalue weighted by Gasteiger charge is -2.10. The Morgan fingerprint density at radius 1 is 1.15 bits per heavy atom. The molecule has 132 valence electrons. The van der Waals surface area contributed by atoms with Crippen molar-refractivity contribution in [2.24, 2.45) is 0 Å². The van der Waals surface area contributed by atoms with Gasteiger partial charge in [-0.05, 0) is 30.7 Å². The predicted octanol–water partition coefficient (Wildman–Crippen LogP) is 4.06. The molecular weight excluding hydrogens is 344 g/mol. The molecule has 3 aromatic rings. The van der Waals surface area contributed by atoms with E-state index in [4.69, 9.17) is 10.00 Å². The largest absolute Gasteiger partial charge is 0.383 e. The van der Waals surface area contributed by atoms with Gasteiger partial charge in [0.25, 0.3) is 0 Å². The predicted molar refractivity (Wildman–Crippen MR) is 103 cm³/mol. The highest BCUT2D eigenvalue weighted by Gasteiger charge is 2.14. The number of rotatable bonds is 7. The van der Waals surface area contributed by atoms with E-state index in [0.717, 1.165) is 27.9 Å². The second kappa shape index (κ2) is 8.65. The van der Waals surface area contributed by atoms with Gasteiger partial charge in [0.15, 0.2) is 11.0 Å². The Hall–Kier alpha value is -2.62. The first-order valence-corrected chi connectivity index (χ1v) is 9.31. The van der Waals surface area contributed by atoms with Crippen LogP contribution < -0.4 is 0 Å². The summed E-state index contributed by atoms with van der Waals surface area (Å²) in [7, 11) is 1.69. The molecule has 0 atom stereocenters. The van der Waals surface area contributed by atoms with Crippen molar-refractivity contribution in [2.45, 2.75) is 24.4 Å². The molecule has 5 nitrogen and oxygen atoms in total. The van der Waals surface area contributed by atoms with Crippen LogP contribution in [0.2, 0.25) is 0 Å². The molecule has 0 bridgehead atoms. The third-order valence-corrected chi connectivity index (χ3v) is 5.00. The molecule has 0 radical (unpaired) electrons. The second-order valence-corrected chi connectivity index (χ2v) is 6.86. The first kappa shape index (κ1) is 18.2. The van der Waals surface area contributed by atoms with Crippen LogP contribution in [0, 0.1) is 18.3 Å². The van der Waals surface area contributed by atoms with E-state index in [9.17, 15) is 0 Å². The lowest BCUT2D eigenvalue weighted by molar-refractivity contribution is 0.185. The van der Waals surface area contributed by atoms with E-state index in [1.165, 1.54) is 5.56 Å². The van der Waals surface area contributed by atoms with Gasteiger partial charge in [-0.3, -0.25) is 4.57 Å². The normalized spacial score (nSPS) is 10.7. The minimum Gasteiger partial charge on any atom is -0.383 e. The number of benzene rings is 2. The summed E-state index contributed by atoms with van der Waals surface area (Å²) in [6.07, 6.45) is 0. The second-order valence-electron chi connectivity index (χ2n) is 5.92. The maximum absolute atomic E-state index is 8.90. The van der Waals surface area contributed by atoms with Crippen LogP contribution >= 0.6 is 11.8 Å². The lowest BCUT2D eigenvalue weighted by Crippen LogP contribution is -2.07. The standard InChI is InChI=1S/C20H20N4OS/c1-15-4-3-5-18(12-15)19-22-23-20(24(19)10-11-25-2)26-14-17-8-6-16(13-21)7-9-17/h3-9,12H,10-11,14H2,1-2H3. The first-order chi connectivity index (χ1) is 12.7. The fraction of sp³-hybridized carbons (Fsp3) is 0.250. The Morgan fingerprint density at radius 2 is 1.96 bits per heavy atom. The fourth-order valence-corrected chi connectivity index (χ4v) is 3.52. The van der Waals surface area contributed by atoms with Crippen LogP contribution in [-0.2, 0) is 17.0 Å². The number of hydrogen-bond acceptors (Lipinski definition) is 5. The molecule has 0 amide bonds. The van der Waals surface area contributed by atoms with E-state index < -0.39 is 0 Å². The van der Waals surface area contributed by atoms with Gasteiger partial charge in [-0.2, -0.15) is 5.26 Å². The van der Waals surface area contributed by atoms with E-state index in [1.807, 2.05) is 30.3 Å². The molecule has 3 rings (SSSR count). The number of aryl methyl sites for hydroxylation is 1. The zero-order chi connectivity index (χ0) is 18.4. The average Bonchev–Trinajstić information content (AvgIpc) is 3.08. The highest BCUT2D eigenvalue weighted by Crippen LogP contribution is 2.27. The number of nitriles is 1. The third kappa shape index (κ3) is 4.31. The van der Waals surface area contributed by atoms with E-state index >= 15 is 0 Å². The number of aromatic nitrogens is 3. The van der Waals surface area contributed by atoms with Crippen molar-refractivity contribution in [1.29, 1.82) is 5.26 Å². The summed E-state index contributed by atoms with van der Waals surface area (Å²) in [5.74, 6) is 1.62. The molecule has 0 aliphatic heterocycles. The van der Waals surface area contributed by atoms with Gasteiger partial charge in [0.05, 0.1) is 24.8 Å². The summed E-state index contributed by atoms with van der Waals surface area (Å²) in [5.41, 5.74) is 4.06. The van der Waals surface area contributed by atoms with Crippen molar-refractivity contribution in [3.8, 4) is 17.5 Å². The fourth-order valence-electron chi connectivity index (χ4n) is 2.60. The molecule has 0 saturated carbocycles. The Labute approximate surface area is 157 Å². The summed E-state index contributed by atoms with van der Waals surface area (Å²) in [6.45, 7) is 3.36. The smallest absolute Gasteiger partial charge is 0.191 e. The molecular formula is C20H20N4OS. The minimum atomic E-state index is 0.598. The molecule has 26 heavy (non-hydrogen) atoms. The number of methoxy groups -OCH3 is 1. The molecule has 0 saturated heterocycles. The third-order valence-electron chi connectivity index (χ3n) is 3.96. The average molecular weight is 364 g/mol. The molecule has 0 unspecified atom stereocenters. The van der Waals surface area contributed by atoms with Crippen LogP contribution in [-0.4, -0.2) is 28.5 Å². The van der Waals surface area contributed by atoms with Crippen molar-refractivity contribution >= 4 is 11.8 Å². The van der Waals surface area contributed by atoms with E-state index in [-0.39, 0.29) is 0 Å². The van der Waals surface area contributed by atoms with E-state index in [0.29, 0.717) is 18.7 Å². The van der Waals surface area contributed by atoms with Crippen LogP contribution in [0.1, 0.15) is 16.7 Å². The molecule has 0 aliphatic carbocycles. The van der Waals surface area contributed by atoms with Gasteiger partial charge in [-0.25, -0.2) is 0 Å². The number of thioether (sulfide) groups is 1. The van der Waals surface area contributed by atoms with E-state index in [1.54, 1.807) is 18.9 Å². The monoisotopic (exact) mass is 364 g/mol. The number of hydrogen-bond donors (Lipinski definition) is 0. The zero-order valence-electron chi connectivity index (χ0n) is 14.8. The topological polar surface area (TPSA) is 63.7 Å². The van der Waals surface area contributed by atoms with Crippen molar-refractivity contribution in [1.82, 2.24) is 14.8 Å². The summed E-state index contributed by atoms with van der Waals surface area (Å²) in [4.78, 5) is 0. The molecule has 1 heterocycles. The number of ether oxygens (including phenoxy) is 1. The van der Waals surface area contributed by atoms with Crippen LogP contribution in [0.25, 0.3) is 11.4 Å². The quantitative estimate of drug-likeness (QED) is 0.592. The van der Waals surface area contributed by atoms with Gasteiger partial charge >= 0.3 is 0 Å². The Morgan fingerprint density at radius 3 is 2.65 bits per heavy atom.